The summed E-state index contributed by atoms with van der Waals surface area (Å²) in [6.07, 6.45) is 5.20. The lowest BCUT2D eigenvalue weighted by atomic mass is 9.86. The smallest absolute Gasteiger partial charge is 0.223 e. The van der Waals surface area contributed by atoms with Crippen LogP contribution in [-0.4, -0.2) is 29.7 Å². The maximum Gasteiger partial charge on any atom is 0.223 e. The van der Waals surface area contributed by atoms with Crippen LogP contribution < -0.4 is 0 Å². The Hall–Kier alpha value is -1.64. The van der Waals surface area contributed by atoms with E-state index in [9.17, 15) is 9.59 Å². The third-order valence-electron chi connectivity index (χ3n) is 4.59. The zero-order valence-corrected chi connectivity index (χ0v) is 13.0. The molecule has 114 valence electrons. The van der Waals surface area contributed by atoms with E-state index in [-0.39, 0.29) is 11.7 Å². The maximum absolute atomic E-state index is 12.2. The summed E-state index contributed by atoms with van der Waals surface area (Å²) in [6.45, 7) is 2.27. The molecule has 0 aliphatic heterocycles. The third kappa shape index (κ3) is 4.42. The highest BCUT2D eigenvalue weighted by atomic mass is 16.2. The van der Waals surface area contributed by atoms with Crippen molar-refractivity contribution >= 4 is 11.7 Å². The molecule has 1 aliphatic rings. The predicted molar refractivity (Wildman–Crippen MR) is 84.2 cm³/mol. The lowest BCUT2D eigenvalue weighted by Gasteiger charge is -2.33. The molecular weight excluding hydrogens is 262 g/mol. The van der Waals surface area contributed by atoms with Gasteiger partial charge in [-0.15, -0.1) is 0 Å². The second-order valence-electron chi connectivity index (χ2n) is 6.21. The van der Waals surface area contributed by atoms with E-state index < -0.39 is 0 Å². The molecule has 0 heterocycles. The summed E-state index contributed by atoms with van der Waals surface area (Å²) in [5.74, 6) is 0.929. The normalized spacial score (nSPS) is 21.8. The summed E-state index contributed by atoms with van der Waals surface area (Å²) in [5, 5.41) is 0. The summed E-state index contributed by atoms with van der Waals surface area (Å²) in [5.41, 5.74) is 0.694. The lowest BCUT2D eigenvalue weighted by molar-refractivity contribution is -0.132. The molecule has 1 aromatic carbocycles. The number of nitrogens with zero attached hydrogens (tertiary/aromatic N) is 1. The van der Waals surface area contributed by atoms with Crippen molar-refractivity contribution in [3.63, 3.8) is 0 Å². The minimum Gasteiger partial charge on any atom is -0.343 e. The number of Topliss-reactive ketones (excluding diaryl/α,β-unsaturated/α-hetero) is 1. The van der Waals surface area contributed by atoms with Crippen LogP contribution >= 0.6 is 0 Å². The van der Waals surface area contributed by atoms with Gasteiger partial charge in [0.1, 0.15) is 0 Å². The first kappa shape index (κ1) is 15.7. The number of benzene rings is 1. The molecule has 0 radical (unpaired) electrons. The molecule has 0 N–H and O–H groups in total. The van der Waals surface area contributed by atoms with Gasteiger partial charge in [0.2, 0.25) is 5.91 Å². The van der Waals surface area contributed by atoms with Crippen LogP contribution in [0.25, 0.3) is 0 Å². The van der Waals surface area contributed by atoms with Crippen molar-refractivity contribution in [3.05, 3.63) is 35.9 Å². The average molecular weight is 287 g/mol. The molecule has 0 aromatic heterocycles. The van der Waals surface area contributed by atoms with Crippen LogP contribution in [0.3, 0.4) is 0 Å². The number of amides is 1. The molecule has 1 amide bonds. The van der Waals surface area contributed by atoms with Crippen LogP contribution in [0.15, 0.2) is 30.3 Å². The van der Waals surface area contributed by atoms with E-state index in [1.807, 2.05) is 30.1 Å². The van der Waals surface area contributed by atoms with Gasteiger partial charge in [-0.25, -0.2) is 0 Å². The van der Waals surface area contributed by atoms with Gasteiger partial charge in [-0.05, 0) is 31.6 Å². The van der Waals surface area contributed by atoms with Crippen LogP contribution in [0.2, 0.25) is 0 Å². The SMILES string of the molecule is CC1CCC(N(C)C(=O)CCC(=O)c2ccccc2)CC1. The molecule has 21 heavy (non-hydrogen) atoms. The van der Waals surface area contributed by atoms with Crippen LogP contribution in [0, 0.1) is 5.92 Å². The Morgan fingerprint density at radius 2 is 1.67 bits per heavy atom. The van der Waals surface area contributed by atoms with Gasteiger partial charge in [-0.1, -0.05) is 37.3 Å². The highest BCUT2D eigenvalue weighted by Crippen LogP contribution is 2.26. The summed E-state index contributed by atoms with van der Waals surface area (Å²) < 4.78 is 0. The molecule has 0 spiro atoms. The molecule has 1 fully saturated rings. The molecule has 0 unspecified atom stereocenters. The standard InChI is InChI=1S/C18H25NO2/c1-14-8-10-16(11-9-14)19(2)18(21)13-12-17(20)15-6-4-3-5-7-15/h3-7,14,16H,8-13H2,1-2H3. The van der Waals surface area contributed by atoms with Crippen molar-refractivity contribution < 1.29 is 9.59 Å². The summed E-state index contributed by atoms with van der Waals surface area (Å²) >= 11 is 0. The molecule has 2 rings (SSSR count). The van der Waals surface area contributed by atoms with Crippen molar-refractivity contribution in [1.29, 1.82) is 0 Å². The quantitative estimate of drug-likeness (QED) is 0.775. The Morgan fingerprint density at radius 3 is 2.29 bits per heavy atom. The molecule has 3 heteroatoms. The van der Waals surface area contributed by atoms with E-state index in [2.05, 4.69) is 6.92 Å². The predicted octanol–water partition coefficient (Wildman–Crippen LogP) is 3.69. The molecular formula is C18H25NO2. The Labute approximate surface area is 127 Å². The fraction of sp³-hybridized carbons (Fsp3) is 0.556. The van der Waals surface area contributed by atoms with Crippen LogP contribution in [0.5, 0.6) is 0 Å². The van der Waals surface area contributed by atoms with Crippen molar-refractivity contribution in [2.45, 2.75) is 51.5 Å². The van der Waals surface area contributed by atoms with Crippen molar-refractivity contribution in [2.75, 3.05) is 7.05 Å². The first-order valence-electron chi connectivity index (χ1n) is 7.92. The van der Waals surface area contributed by atoms with Gasteiger partial charge in [0.15, 0.2) is 5.78 Å². The highest BCUT2D eigenvalue weighted by Gasteiger charge is 2.24. The molecule has 0 bridgehead atoms. The molecule has 0 atom stereocenters. The third-order valence-corrected chi connectivity index (χ3v) is 4.59. The molecule has 3 nitrogen and oxygen atoms in total. The Bertz CT molecular complexity index is 475. The summed E-state index contributed by atoms with van der Waals surface area (Å²) in [6, 6.07) is 9.56. The van der Waals surface area contributed by atoms with E-state index in [0.717, 1.165) is 18.8 Å². The first-order chi connectivity index (χ1) is 10.1. The van der Waals surface area contributed by atoms with Crippen LogP contribution in [0.4, 0.5) is 0 Å². The summed E-state index contributed by atoms with van der Waals surface area (Å²) in [7, 11) is 1.88. The largest absolute Gasteiger partial charge is 0.343 e. The number of rotatable bonds is 5. The van der Waals surface area contributed by atoms with Crippen molar-refractivity contribution in [1.82, 2.24) is 4.90 Å². The van der Waals surface area contributed by atoms with Gasteiger partial charge in [0, 0.05) is 31.5 Å². The number of carbonyl (C=O) groups excluding carboxylic acids is 2. The van der Waals surface area contributed by atoms with E-state index in [1.165, 1.54) is 12.8 Å². The average Bonchev–Trinajstić information content (AvgIpc) is 2.53. The fourth-order valence-corrected chi connectivity index (χ4v) is 3.00. The van der Waals surface area contributed by atoms with Gasteiger partial charge in [0.25, 0.3) is 0 Å². The van der Waals surface area contributed by atoms with Crippen molar-refractivity contribution in [2.24, 2.45) is 5.92 Å². The monoisotopic (exact) mass is 287 g/mol. The Morgan fingerprint density at radius 1 is 1.05 bits per heavy atom. The lowest BCUT2D eigenvalue weighted by Crippen LogP contribution is -2.39. The number of hydrogen-bond donors (Lipinski definition) is 0. The topological polar surface area (TPSA) is 37.4 Å². The fourth-order valence-electron chi connectivity index (χ4n) is 3.00. The second kappa shape index (κ2) is 7.39. The van der Waals surface area contributed by atoms with Gasteiger partial charge < -0.3 is 4.90 Å². The Kier molecular flexibility index (Phi) is 5.54. The van der Waals surface area contributed by atoms with E-state index in [0.29, 0.717) is 24.4 Å². The molecule has 1 aliphatic carbocycles. The van der Waals surface area contributed by atoms with E-state index >= 15 is 0 Å². The summed E-state index contributed by atoms with van der Waals surface area (Å²) in [4.78, 5) is 26.1. The second-order valence-corrected chi connectivity index (χ2v) is 6.21. The first-order valence-corrected chi connectivity index (χ1v) is 7.92. The molecule has 0 saturated heterocycles. The Balaban J connectivity index is 1.80. The van der Waals surface area contributed by atoms with Crippen LogP contribution in [-0.2, 0) is 4.79 Å². The number of ketones is 1. The van der Waals surface area contributed by atoms with E-state index in [4.69, 9.17) is 0 Å². The minimum atomic E-state index is 0.0506. The maximum atomic E-state index is 12.2. The number of carbonyl (C=O) groups is 2. The van der Waals surface area contributed by atoms with E-state index in [1.54, 1.807) is 12.1 Å². The molecule has 1 saturated carbocycles. The van der Waals surface area contributed by atoms with Crippen molar-refractivity contribution in [3.8, 4) is 0 Å². The number of hydrogen-bond acceptors (Lipinski definition) is 2. The van der Waals surface area contributed by atoms with Gasteiger partial charge in [-0.3, -0.25) is 9.59 Å². The van der Waals surface area contributed by atoms with Gasteiger partial charge in [0.05, 0.1) is 0 Å². The zero-order chi connectivity index (χ0) is 15.2. The highest BCUT2D eigenvalue weighted by molar-refractivity contribution is 5.97. The molecule has 1 aromatic rings. The van der Waals surface area contributed by atoms with Gasteiger partial charge in [-0.2, -0.15) is 0 Å². The van der Waals surface area contributed by atoms with Gasteiger partial charge >= 0.3 is 0 Å². The zero-order valence-electron chi connectivity index (χ0n) is 13.0. The minimum absolute atomic E-state index is 0.0506. The van der Waals surface area contributed by atoms with Crippen LogP contribution in [0.1, 0.15) is 55.8 Å².